The lowest BCUT2D eigenvalue weighted by molar-refractivity contribution is -0.530. The maximum absolute atomic E-state index is 11.9. The van der Waals surface area contributed by atoms with Crippen molar-refractivity contribution in [2.75, 3.05) is 5.75 Å². The third-order valence-corrected chi connectivity index (χ3v) is 3.25. The molecule has 0 aliphatic heterocycles. The fraction of sp³-hybridized carbons (Fsp3) is 0.400. The number of benzene rings is 1. The second-order valence-corrected chi connectivity index (χ2v) is 6.16. The number of carboxylic acids is 1. The predicted molar refractivity (Wildman–Crippen MR) is 87.7 cm³/mol. The van der Waals surface area contributed by atoms with Gasteiger partial charge in [0.15, 0.2) is 11.8 Å². The summed E-state index contributed by atoms with van der Waals surface area (Å²) in [7, 11) is 0. The standard InChI is InChI=1S/C15H20N2O4S/c1-15(2,3)17(21)8-10-4-6-11(7-5-10)13(18)16-12(9-22)14(19)20/h4-8,12,22H,9H2,1-3H3,(H,16,18)(H,19,20)/t12-/m1/s1. The minimum absolute atomic E-state index is 0.00363. The second kappa shape index (κ2) is 7.31. The van der Waals surface area contributed by atoms with Gasteiger partial charge in [-0.05, 0) is 24.3 Å². The first-order valence-corrected chi connectivity index (χ1v) is 7.34. The molecule has 0 bridgehead atoms. The number of amides is 1. The number of carbonyl (C=O) groups excluding carboxylic acids is 1. The number of carboxylic acid groups (broad SMARTS) is 1. The van der Waals surface area contributed by atoms with E-state index in [1.807, 2.05) is 0 Å². The van der Waals surface area contributed by atoms with E-state index in [0.717, 1.165) is 4.74 Å². The van der Waals surface area contributed by atoms with Gasteiger partial charge in [0.2, 0.25) is 0 Å². The lowest BCUT2D eigenvalue weighted by Gasteiger charge is -2.18. The molecular formula is C15H20N2O4S. The Kier molecular flexibility index (Phi) is 5.99. The van der Waals surface area contributed by atoms with Gasteiger partial charge < -0.3 is 15.6 Å². The number of nitrogens with one attached hydrogen (secondary N) is 1. The Balaban J connectivity index is 2.85. The molecule has 1 amide bonds. The van der Waals surface area contributed by atoms with Crippen molar-refractivity contribution < 1.29 is 19.4 Å². The van der Waals surface area contributed by atoms with Crippen LogP contribution in [-0.2, 0) is 4.79 Å². The summed E-state index contributed by atoms with van der Waals surface area (Å²) < 4.78 is 0.837. The normalized spacial score (nSPS) is 13.5. The summed E-state index contributed by atoms with van der Waals surface area (Å²) >= 11 is 3.88. The lowest BCUT2D eigenvalue weighted by Crippen LogP contribution is -2.42. The first-order valence-electron chi connectivity index (χ1n) is 6.71. The molecule has 0 radical (unpaired) electrons. The van der Waals surface area contributed by atoms with Crippen LogP contribution in [0.15, 0.2) is 24.3 Å². The molecule has 0 aliphatic carbocycles. The van der Waals surface area contributed by atoms with Crippen molar-refractivity contribution in [1.82, 2.24) is 5.32 Å². The highest BCUT2D eigenvalue weighted by Gasteiger charge is 2.20. The van der Waals surface area contributed by atoms with Crippen LogP contribution in [0.5, 0.6) is 0 Å². The van der Waals surface area contributed by atoms with E-state index in [1.54, 1.807) is 32.9 Å². The highest BCUT2D eigenvalue weighted by Crippen LogP contribution is 2.08. The molecule has 0 fully saturated rings. The van der Waals surface area contributed by atoms with Crippen molar-refractivity contribution in [2.24, 2.45) is 0 Å². The summed E-state index contributed by atoms with van der Waals surface area (Å²) in [5.41, 5.74) is 0.431. The molecular weight excluding hydrogens is 304 g/mol. The van der Waals surface area contributed by atoms with E-state index in [-0.39, 0.29) is 5.75 Å². The minimum Gasteiger partial charge on any atom is -0.623 e. The van der Waals surface area contributed by atoms with E-state index < -0.39 is 23.5 Å². The number of hydroxylamine groups is 1. The summed E-state index contributed by atoms with van der Waals surface area (Å²) in [5, 5.41) is 23.1. The van der Waals surface area contributed by atoms with Crippen LogP contribution in [0, 0.1) is 5.21 Å². The van der Waals surface area contributed by atoms with Gasteiger partial charge in [0.25, 0.3) is 5.91 Å². The zero-order chi connectivity index (χ0) is 16.9. The van der Waals surface area contributed by atoms with Gasteiger partial charge in [0.05, 0.1) is 0 Å². The maximum Gasteiger partial charge on any atom is 0.327 e. The topological polar surface area (TPSA) is 92.5 Å². The van der Waals surface area contributed by atoms with E-state index in [2.05, 4.69) is 17.9 Å². The predicted octanol–water partition coefficient (Wildman–Crippen LogP) is 1.53. The zero-order valence-electron chi connectivity index (χ0n) is 12.7. The second-order valence-electron chi connectivity index (χ2n) is 5.79. The number of nitrogens with zero attached hydrogens (tertiary/aromatic N) is 1. The number of thiol groups is 1. The van der Waals surface area contributed by atoms with Crippen molar-refractivity contribution in [3.05, 3.63) is 40.6 Å². The number of hydrogen-bond donors (Lipinski definition) is 3. The van der Waals surface area contributed by atoms with Crippen LogP contribution in [0.4, 0.5) is 0 Å². The Morgan fingerprint density at radius 2 is 1.91 bits per heavy atom. The molecule has 1 aromatic carbocycles. The van der Waals surface area contributed by atoms with Crippen molar-refractivity contribution in [3.63, 3.8) is 0 Å². The average Bonchev–Trinajstić information content (AvgIpc) is 2.43. The Labute approximate surface area is 134 Å². The molecule has 0 heterocycles. The third kappa shape index (κ3) is 5.07. The number of carbonyl (C=O) groups is 2. The van der Waals surface area contributed by atoms with Crippen LogP contribution in [0.25, 0.3) is 0 Å². The lowest BCUT2D eigenvalue weighted by atomic mass is 10.1. The molecule has 0 saturated carbocycles. The molecule has 6 nitrogen and oxygen atoms in total. The highest BCUT2D eigenvalue weighted by atomic mass is 32.1. The van der Waals surface area contributed by atoms with Gasteiger partial charge in [-0.3, -0.25) is 4.79 Å². The van der Waals surface area contributed by atoms with Crippen LogP contribution in [-0.4, -0.2) is 45.3 Å². The van der Waals surface area contributed by atoms with E-state index in [0.29, 0.717) is 11.1 Å². The van der Waals surface area contributed by atoms with Gasteiger partial charge in [-0.15, -0.1) is 0 Å². The van der Waals surface area contributed by atoms with Gasteiger partial charge in [0.1, 0.15) is 6.04 Å². The Morgan fingerprint density at radius 1 is 1.36 bits per heavy atom. The molecule has 0 saturated heterocycles. The summed E-state index contributed by atoms with van der Waals surface area (Å²) in [6.07, 6.45) is 1.44. The van der Waals surface area contributed by atoms with Gasteiger partial charge in [-0.1, -0.05) is 0 Å². The fourth-order valence-corrected chi connectivity index (χ4v) is 1.72. The van der Waals surface area contributed by atoms with Gasteiger partial charge in [0, 0.05) is 37.7 Å². The average molecular weight is 324 g/mol. The van der Waals surface area contributed by atoms with Crippen molar-refractivity contribution in [2.45, 2.75) is 32.4 Å². The Morgan fingerprint density at radius 3 is 2.32 bits per heavy atom. The van der Waals surface area contributed by atoms with Crippen molar-refractivity contribution in [1.29, 1.82) is 0 Å². The van der Waals surface area contributed by atoms with Crippen LogP contribution >= 0.6 is 12.6 Å². The van der Waals surface area contributed by atoms with Crippen molar-refractivity contribution in [3.8, 4) is 0 Å². The quantitative estimate of drug-likeness (QED) is 0.252. The Bertz CT molecular complexity index is 576. The molecule has 2 N–H and O–H groups in total. The summed E-state index contributed by atoms with van der Waals surface area (Å²) in [4.78, 5) is 22.8. The summed E-state index contributed by atoms with van der Waals surface area (Å²) in [5.74, 6) is -1.63. The molecule has 0 spiro atoms. The molecule has 1 atom stereocenters. The molecule has 0 aromatic heterocycles. The van der Waals surface area contributed by atoms with E-state index in [1.165, 1.54) is 18.3 Å². The molecule has 1 rings (SSSR count). The van der Waals surface area contributed by atoms with Crippen LogP contribution < -0.4 is 5.32 Å². The fourth-order valence-electron chi connectivity index (χ4n) is 1.48. The van der Waals surface area contributed by atoms with Crippen LogP contribution in [0.1, 0.15) is 36.7 Å². The van der Waals surface area contributed by atoms with Gasteiger partial charge >= 0.3 is 5.97 Å². The molecule has 22 heavy (non-hydrogen) atoms. The maximum atomic E-state index is 11.9. The summed E-state index contributed by atoms with van der Waals surface area (Å²) in [6, 6.07) is 5.29. The number of rotatable bonds is 5. The number of hydrogen-bond acceptors (Lipinski definition) is 4. The SMILES string of the molecule is CC(C)(C)[N+]([O-])=Cc1ccc(C(=O)N[C@H](CS)C(=O)O)cc1. The molecule has 1 aromatic rings. The van der Waals surface area contributed by atoms with E-state index in [4.69, 9.17) is 5.11 Å². The first kappa shape index (κ1) is 18.0. The van der Waals surface area contributed by atoms with Gasteiger partial charge in [-0.25, -0.2) is 9.53 Å². The minimum atomic E-state index is -1.14. The molecule has 0 unspecified atom stereocenters. The van der Waals surface area contributed by atoms with Crippen LogP contribution in [0.2, 0.25) is 0 Å². The zero-order valence-corrected chi connectivity index (χ0v) is 13.6. The molecule has 0 aliphatic rings. The molecule has 120 valence electrons. The molecule has 7 heteroatoms. The number of aliphatic carboxylic acids is 1. The van der Waals surface area contributed by atoms with E-state index in [9.17, 15) is 14.8 Å². The van der Waals surface area contributed by atoms with Crippen LogP contribution in [0.3, 0.4) is 0 Å². The third-order valence-electron chi connectivity index (χ3n) is 2.89. The first-order chi connectivity index (χ1) is 10.1. The van der Waals surface area contributed by atoms with Crippen molar-refractivity contribution >= 4 is 30.7 Å². The highest BCUT2D eigenvalue weighted by molar-refractivity contribution is 7.80. The summed E-state index contributed by atoms with van der Waals surface area (Å²) in [6.45, 7) is 5.38. The van der Waals surface area contributed by atoms with Gasteiger partial charge in [-0.2, -0.15) is 12.6 Å². The van der Waals surface area contributed by atoms with E-state index >= 15 is 0 Å². The smallest absolute Gasteiger partial charge is 0.327 e. The largest absolute Gasteiger partial charge is 0.623 e. The Hall–Kier alpha value is -2.02. The monoisotopic (exact) mass is 324 g/mol.